The van der Waals surface area contributed by atoms with E-state index in [2.05, 4.69) is 4.31 Å². The van der Waals surface area contributed by atoms with Crippen molar-refractivity contribution in [1.29, 1.82) is 0 Å². The van der Waals surface area contributed by atoms with E-state index >= 15 is 0 Å². The van der Waals surface area contributed by atoms with Gasteiger partial charge < -0.3 is 26.5 Å². The normalized spacial score (nSPS) is 11.3. The molecule has 0 unspecified atom stereocenters. The second kappa shape index (κ2) is 5.80. The monoisotopic (exact) mass is 220 g/mol. The first-order valence-corrected chi connectivity index (χ1v) is 4.59. The standard InChI is InChI=1S/Na.H4O7P2.H2O.H/c;1-8(2,3)7-9(4,5)6;;/h;(H2,1,2,3)(H2,4,5,6);1H2;/q+1;;;-1. The Morgan fingerprint density at radius 1 is 1.00 bits per heavy atom. The molecule has 6 N–H and O–H groups in total. The van der Waals surface area contributed by atoms with Crippen LogP contribution in [0.25, 0.3) is 0 Å². The minimum Gasteiger partial charge on any atom is -1.00 e. The molecule has 0 heterocycles. The van der Waals surface area contributed by atoms with Crippen LogP contribution in [0.15, 0.2) is 0 Å². The van der Waals surface area contributed by atoms with Gasteiger partial charge in [0.15, 0.2) is 0 Å². The van der Waals surface area contributed by atoms with Crippen LogP contribution in [0, 0.1) is 0 Å². The summed E-state index contributed by atoms with van der Waals surface area (Å²) in [5.41, 5.74) is 0. The predicted molar refractivity (Wildman–Crippen MR) is 29.9 cm³/mol. The largest absolute Gasteiger partial charge is 1.00 e. The fourth-order valence-corrected chi connectivity index (χ4v) is 1.25. The minimum atomic E-state index is -5.05. The van der Waals surface area contributed by atoms with Crippen LogP contribution >= 0.6 is 15.6 Å². The molecule has 0 atom stereocenters. The first-order chi connectivity index (χ1) is 3.71. The Morgan fingerprint density at radius 2 is 1.18 bits per heavy atom. The molecule has 0 fully saturated rings. The summed E-state index contributed by atoms with van der Waals surface area (Å²) in [5.74, 6) is 0. The first-order valence-electron chi connectivity index (χ1n) is 1.53. The summed E-state index contributed by atoms with van der Waals surface area (Å²) in [7, 11) is -10.1. The van der Waals surface area contributed by atoms with Crippen molar-refractivity contribution in [2.45, 2.75) is 0 Å². The molecule has 0 spiro atoms. The topological polar surface area (TPSA) is 156 Å². The van der Waals surface area contributed by atoms with Gasteiger partial charge in [-0.05, 0) is 0 Å². The number of hydrogen-bond acceptors (Lipinski definition) is 3. The molecule has 0 rings (SSSR count). The molecular weight excluding hydrogens is 213 g/mol. The molecule has 0 bridgehead atoms. The van der Waals surface area contributed by atoms with E-state index in [1.807, 2.05) is 0 Å². The van der Waals surface area contributed by atoms with Crippen LogP contribution in [0.5, 0.6) is 0 Å². The van der Waals surface area contributed by atoms with E-state index in [-0.39, 0.29) is 36.5 Å². The second-order valence-corrected chi connectivity index (χ2v) is 3.68. The summed E-state index contributed by atoms with van der Waals surface area (Å²) in [6.45, 7) is 0. The molecule has 0 aromatic heterocycles. The third-order valence-corrected chi connectivity index (χ3v) is 1.91. The van der Waals surface area contributed by atoms with Crippen LogP contribution in [0.1, 0.15) is 1.43 Å². The molecule has 0 radical (unpaired) electrons. The van der Waals surface area contributed by atoms with Gasteiger partial charge in [0.25, 0.3) is 0 Å². The number of rotatable bonds is 2. The Bertz CT molecular complexity index is 157. The maximum atomic E-state index is 9.63. The van der Waals surface area contributed by atoms with Crippen molar-refractivity contribution in [1.82, 2.24) is 0 Å². The third-order valence-electron chi connectivity index (χ3n) is 0.213. The van der Waals surface area contributed by atoms with Crippen molar-refractivity contribution in [2.24, 2.45) is 0 Å². The number of phosphoric acid groups is 2. The van der Waals surface area contributed by atoms with Crippen molar-refractivity contribution in [3.05, 3.63) is 0 Å². The summed E-state index contributed by atoms with van der Waals surface area (Å²) in [6.07, 6.45) is 0. The van der Waals surface area contributed by atoms with Crippen molar-refractivity contribution in [3.63, 3.8) is 0 Å². The SMILES string of the molecule is O.O=P(O)(O)OP(=O)(O)O.[H-].[Na+]. The van der Waals surface area contributed by atoms with E-state index < -0.39 is 15.6 Å². The summed E-state index contributed by atoms with van der Waals surface area (Å²) in [6, 6.07) is 0. The van der Waals surface area contributed by atoms with Gasteiger partial charge in [-0.3, -0.25) is 0 Å². The zero-order valence-corrected chi connectivity index (χ0v) is 9.20. The summed E-state index contributed by atoms with van der Waals surface area (Å²) in [4.78, 5) is 31.0. The molecule has 0 saturated heterocycles. The zero-order chi connectivity index (χ0) is 7.71. The summed E-state index contributed by atoms with van der Waals surface area (Å²) in [5, 5.41) is 0. The average Bonchev–Trinajstić information content (AvgIpc) is 1.14. The van der Waals surface area contributed by atoms with Gasteiger partial charge in [-0.2, -0.15) is 4.31 Å². The van der Waals surface area contributed by atoms with Crippen LogP contribution < -0.4 is 29.6 Å². The van der Waals surface area contributed by atoms with Gasteiger partial charge in [0.1, 0.15) is 0 Å². The molecule has 11 heteroatoms. The van der Waals surface area contributed by atoms with Crippen molar-refractivity contribution >= 4 is 15.6 Å². The molecule has 0 aliphatic heterocycles. The third kappa shape index (κ3) is 18.3. The van der Waals surface area contributed by atoms with Crippen LogP contribution in [-0.4, -0.2) is 25.0 Å². The van der Waals surface area contributed by atoms with E-state index in [1.54, 1.807) is 0 Å². The van der Waals surface area contributed by atoms with Gasteiger partial charge in [0.2, 0.25) is 0 Å². The van der Waals surface area contributed by atoms with E-state index in [0.717, 1.165) is 0 Å². The van der Waals surface area contributed by atoms with E-state index in [1.165, 1.54) is 0 Å². The summed E-state index contributed by atoms with van der Waals surface area (Å²) >= 11 is 0. The Morgan fingerprint density at radius 3 is 1.18 bits per heavy atom. The van der Waals surface area contributed by atoms with E-state index in [0.29, 0.717) is 0 Å². The van der Waals surface area contributed by atoms with E-state index in [4.69, 9.17) is 19.6 Å². The predicted octanol–water partition coefficient (Wildman–Crippen LogP) is -4.52. The van der Waals surface area contributed by atoms with Crippen LogP contribution in [0.4, 0.5) is 0 Å². The molecule has 0 aromatic rings. The Hall–Kier alpha value is 1.22. The van der Waals surface area contributed by atoms with Gasteiger partial charge in [-0.25, -0.2) is 9.13 Å². The van der Waals surface area contributed by atoms with Crippen molar-refractivity contribution in [2.75, 3.05) is 0 Å². The maximum Gasteiger partial charge on any atom is 1.00 e. The molecule has 0 saturated carbocycles. The minimum absolute atomic E-state index is 0. The molecule has 8 nitrogen and oxygen atoms in total. The molecule has 0 aliphatic rings. The van der Waals surface area contributed by atoms with E-state index in [9.17, 15) is 9.13 Å². The first kappa shape index (κ1) is 18.1. The van der Waals surface area contributed by atoms with Crippen LogP contribution in [0.3, 0.4) is 0 Å². The van der Waals surface area contributed by atoms with Crippen molar-refractivity contribution < 1.29 is 69.5 Å². The smallest absolute Gasteiger partial charge is 1.00 e. The van der Waals surface area contributed by atoms with Gasteiger partial charge in [0.05, 0.1) is 0 Å². The van der Waals surface area contributed by atoms with Gasteiger partial charge in [0, 0.05) is 0 Å². The molecule has 0 aromatic carbocycles. The fraction of sp³-hybridized carbons (Fsp3) is 0. The van der Waals surface area contributed by atoms with Crippen LogP contribution in [0.2, 0.25) is 0 Å². The maximum absolute atomic E-state index is 9.63. The molecule has 66 valence electrons. The molecule has 0 amide bonds. The molecule has 11 heavy (non-hydrogen) atoms. The van der Waals surface area contributed by atoms with Gasteiger partial charge in [-0.15, -0.1) is 0 Å². The zero-order valence-electron chi connectivity index (χ0n) is 6.41. The summed E-state index contributed by atoms with van der Waals surface area (Å²) < 4.78 is 22.2. The molecule has 0 aliphatic carbocycles. The van der Waals surface area contributed by atoms with Gasteiger partial charge >= 0.3 is 45.2 Å². The van der Waals surface area contributed by atoms with Crippen LogP contribution in [-0.2, 0) is 13.4 Å². The Balaban J connectivity index is -0.000000107. The fourth-order valence-electron chi connectivity index (χ4n) is 0.139. The van der Waals surface area contributed by atoms with Gasteiger partial charge in [-0.1, -0.05) is 0 Å². The quantitative estimate of drug-likeness (QED) is 0.269. The Kier molecular flexibility index (Phi) is 9.53. The number of hydrogen-bond donors (Lipinski definition) is 4. The van der Waals surface area contributed by atoms with Crippen molar-refractivity contribution in [3.8, 4) is 0 Å². The average molecular weight is 220 g/mol. The second-order valence-electron chi connectivity index (χ2n) is 1.06. The molecular formula is H7NaO8P2. The Labute approximate surface area is 85.1 Å².